The summed E-state index contributed by atoms with van der Waals surface area (Å²) >= 11 is 15.1. The first-order valence-corrected chi connectivity index (χ1v) is 5.20. The van der Waals surface area contributed by atoms with E-state index in [2.05, 4.69) is 0 Å². The van der Waals surface area contributed by atoms with Crippen molar-refractivity contribution in [3.05, 3.63) is 0 Å². The summed E-state index contributed by atoms with van der Waals surface area (Å²) in [6.07, 6.45) is -0.629. The molecule has 0 spiro atoms. The van der Waals surface area contributed by atoms with Crippen LogP contribution in [-0.2, 0) is 10.0 Å². The Morgan fingerprint density at radius 1 is 1.33 bits per heavy atom. The zero-order valence-electron chi connectivity index (χ0n) is 5.54. The summed E-state index contributed by atoms with van der Waals surface area (Å²) in [5, 5.41) is 16.6. The largest absolute Gasteiger partial charge is 0.467 e. The van der Waals surface area contributed by atoms with Gasteiger partial charge in [0.2, 0.25) is 0 Å². The number of rotatable bonds is 3. The first kappa shape index (κ1) is 12.8. The Bertz CT molecular complexity index is 235. The van der Waals surface area contributed by atoms with Gasteiger partial charge in [0.15, 0.2) is 0 Å². The molecule has 0 saturated carbocycles. The Hall–Kier alpha value is 0.765. The summed E-state index contributed by atoms with van der Waals surface area (Å²) < 4.78 is 20.8. The predicted octanol–water partition coefficient (Wildman–Crippen LogP) is -0.754. The summed E-state index contributed by atoms with van der Waals surface area (Å²) in [6.45, 7) is 0. The van der Waals surface area contributed by atoms with Crippen molar-refractivity contribution in [2.75, 3.05) is 6.44 Å². The molecule has 0 aromatic rings. The van der Waals surface area contributed by atoms with E-state index in [0.717, 1.165) is 0 Å². The van der Waals surface area contributed by atoms with Crippen molar-refractivity contribution < 1.29 is 18.5 Å². The maximum absolute atomic E-state index is 10.8. The second-order valence-electron chi connectivity index (χ2n) is 1.78. The average Bonchev–Trinajstić information content (AvgIpc) is 1.81. The van der Waals surface area contributed by atoms with Crippen LogP contribution in [0, 0.1) is 0 Å². The summed E-state index contributed by atoms with van der Waals surface area (Å²) in [7, 11) is -5.99. The van der Waals surface area contributed by atoms with Crippen molar-refractivity contribution in [2.24, 2.45) is 0 Å². The molecule has 0 aromatic heterocycles. The van der Waals surface area contributed by atoms with Crippen molar-refractivity contribution in [3.8, 4) is 0 Å². The van der Waals surface area contributed by atoms with Gasteiger partial charge in [-0.1, -0.05) is 34.8 Å². The summed E-state index contributed by atoms with van der Waals surface area (Å²) in [5.74, 6) is 0. The number of halogens is 3. The zero-order chi connectivity index (χ0) is 9.99. The van der Waals surface area contributed by atoms with Gasteiger partial charge in [-0.05, 0) is 0 Å². The average molecular weight is 256 g/mol. The summed E-state index contributed by atoms with van der Waals surface area (Å²) in [5.41, 5.74) is 0. The van der Waals surface area contributed by atoms with Gasteiger partial charge in [0, 0.05) is 6.44 Å². The molecule has 0 unspecified atom stereocenters. The molecule has 5 nitrogen and oxygen atoms in total. The van der Waals surface area contributed by atoms with Gasteiger partial charge in [-0.2, -0.15) is 0 Å². The Balaban J connectivity index is 4.27. The van der Waals surface area contributed by atoms with Crippen LogP contribution in [-0.4, -0.2) is 35.2 Å². The molecule has 0 aliphatic carbocycles. The highest BCUT2D eigenvalue weighted by molar-refractivity contribution is 7.95. The Morgan fingerprint density at radius 3 is 2.00 bits per heavy atom. The molecule has 0 bridgehead atoms. The van der Waals surface area contributed by atoms with Crippen LogP contribution in [0.2, 0.25) is 0 Å². The van der Waals surface area contributed by atoms with Crippen LogP contribution in [0.5, 0.6) is 0 Å². The molecule has 0 atom stereocenters. The molecule has 12 heavy (non-hydrogen) atoms. The van der Waals surface area contributed by atoms with Gasteiger partial charge >= 0.3 is 10.2 Å². The van der Waals surface area contributed by atoms with Gasteiger partial charge in [-0.25, -0.2) is 13.1 Å². The molecule has 0 amide bonds. The number of hydrogen-bond donors (Lipinski definition) is 3. The van der Waals surface area contributed by atoms with Gasteiger partial charge in [-0.3, -0.25) is 0 Å². The van der Waals surface area contributed by atoms with E-state index in [1.54, 1.807) is 4.72 Å². The number of alkyl halides is 3. The molecule has 10 heteroatoms. The molecule has 0 aliphatic rings. The van der Waals surface area contributed by atoms with Crippen molar-refractivity contribution >= 4 is 51.9 Å². The second kappa shape index (κ2) is 4.32. The standard InChI is InChI=1S/C2H5BCl3NO4S/c4-2(5,6)12(10,11)7-1-3(8)9/h7-9H,1H2. The molecule has 72 valence electrons. The molecule has 0 saturated heterocycles. The van der Waals surface area contributed by atoms with Gasteiger partial charge < -0.3 is 10.0 Å². The predicted molar refractivity (Wildman–Crippen MR) is 47.4 cm³/mol. The Kier molecular flexibility index (Phi) is 4.60. The Labute approximate surface area is 84.8 Å². The molecular formula is C2H5BCl3NO4S. The minimum absolute atomic E-state index is 0.629. The van der Waals surface area contributed by atoms with Crippen molar-refractivity contribution in [1.29, 1.82) is 0 Å². The highest BCUT2D eigenvalue weighted by Crippen LogP contribution is 2.31. The van der Waals surface area contributed by atoms with Crippen molar-refractivity contribution in [2.45, 2.75) is 3.12 Å². The third kappa shape index (κ3) is 4.13. The van der Waals surface area contributed by atoms with E-state index in [0.29, 0.717) is 0 Å². The SMILES string of the molecule is O=S(=O)(NCB(O)O)C(Cl)(Cl)Cl. The highest BCUT2D eigenvalue weighted by Gasteiger charge is 2.38. The lowest BCUT2D eigenvalue weighted by molar-refractivity contribution is 0.404. The lowest BCUT2D eigenvalue weighted by Gasteiger charge is -2.12. The lowest BCUT2D eigenvalue weighted by atomic mass is 9.94. The monoisotopic (exact) mass is 255 g/mol. The van der Waals surface area contributed by atoms with Gasteiger partial charge in [0.05, 0.1) is 0 Å². The summed E-state index contributed by atoms with van der Waals surface area (Å²) in [4.78, 5) is 0. The van der Waals surface area contributed by atoms with E-state index in [1.165, 1.54) is 0 Å². The third-order valence-electron chi connectivity index (χ3n) is 0.761. The van der Waals surface area contributed by atoms with Crippen molar-refractivity contribution in [3.63, 3.8) is 0 Å². The van der Waals surface area contributed by atoms with Crippen LogP contribution >= 0.6 is 34.8 Å². The smallest absolute Gasteiger partial charge is 0.426 e. The zero-order valence-corrected chi connectivity index (χ0v) is 8.62. The number of hydrogen-bond acceptors (Lipinski definition) is 4. The van der Waals surface area contributed by atoms with E-state index >= 15 is 0 Å². The van der Waals surface area contributed by atoms with Crippen LogP contribution in [0.15, 0.2) is 0 Å². The van der Waals surface area contributed by atoms with Crippen LogP contribution in [0.4, 0.5) is 0 Å². The van der Waals surface area contributed by atoms with Gasteiger partial charge in [0.25, 0.3) is 10.0 Å². The topological polar surface area (TPSA) is 86.6 Å². The van der Waals surface area contributed by atoms with Crippen LogP contribution in [0.1, 0.15) is 0 Å². The van der Waals surface area contributed by atoms with Crippen LogP contribution in [0.25, 0.3) is 0 Å². The van der Waals surface area contributed by atoms with Gasteiger partial charge in [0.1, 0.15) is 0 Å². The molecule has 0 fully saturated rings. The first-order valence-electron chi connectivity index (χ1n) is 2.59. The molecule has 0 aromatic carbocycles. The van der Waals surface area contributed by atoms with E-state index < -0.39 is 26.7 Å². The van der Waals surface area contributed by atoms with Crippen molar-refractivity contribution in [1.82, 2.24) is 4.72 Å². The first-order chi connectivity index (χ1) is 5.17. The van der Waals surface area contributed by atoms with E-state index in [1.807, 2.05) is 0 Å². The summed E-state index contributed by atoms with van der Waals surface area (Å²) in [6, 6.07) is 0. The maximum Gasteiger partial charge on any atom is 0.467 e. The fourth-order valence-corrected chi connectivity index (χ4v) is 1.29. The normalized spacial score (nSPS) is 13.1. The van der Waals surface area contributed by atoms with E-state index in [4.69, 9.17) is 44.9 Å². The lowest BCUT2D eigenvalue weighted by Crippen LogP contribution is -2.40. The fourth-order valence-electron chi connectivity index (χ4n) is 0.266. The fraction of sp³-hybridized carbons (Fsp3) is 1.00. The van der Waals surface area contributed by atoms with Crippen LogP contribution < -0.4 is 4.72 Å². The molecule has 3 N–H and O–H groups in total. The quantitative estimate of drug-likeness (QED) is 0.458. The third-order valence-corrected chi connectivity index (χ3v) is 3.75. The molecule has 0 rings (SSSR count). The van der Waals surface area contributed by atoms with E-state index in [-0.39, 0.29) is 0 Å². The number of sulfonamides is 1. The van der Waals surface area contributed by atoms with Gasteiger partial charge in [-0.15, -0.1) is 0 Å². The molecular weight excluding hydrogens is 251 g/mol. The number of nitrogens with one attached hydrogen (secondary N) is 1. The molecule has 0 heterocycles. The minimum Gasteiger partial charge on any atom is -0.426 e. The van der Waals surface area contributed by atoms with E-state index in [9.17, 15) is 8.42 Å². The second-order valence-corrected chi connectivity index (χ2v) is 6.64. The molecule has 0 radical (unpaired) electrons. The maximum atomic E-state index is 10.8. The highest BCUT2D eigenvalue weighted by atomic mass is 35.6. The molecule has 0 aliphatic heterocycles. The Morgan fingerprint density at radius 2 is 1.75 bits per heavy atom. The van der Waals surface area contributed by atoms with Crippen LogP contribution in [0.3, 0.4) is 0 Å². The minimum atomic E-state index is -4.17.